The molecular formula is C15H22N2O4. The fourth-order valence-corrected chi connectivity index (χ4v) is 2.84. The van der Waals surface area contributed by atoms with Gasteiger partial charge in [-0.3, -0.25) is 19.3 Å². The first kappa shape index (κ1) is 15.7. The van der Waals surface area contributed by atoms with Crippen LogP contribution in [-0.4, -0.2) is 49.4 Å². The molecule has 0 unspecified atom stereocenters. The van der Waals surface area contributed by atoms with Crippen molar-refractivity contribution in [2.75, 3.05) is 26.8 Å². The van der Waals surface area contributed by atoms with Crippen molar-refractivity contribution in [1.29, 1.82) is 0 Å². The fourth-order valence-electron chi connectivity index (χ4n) is 2.84. The maximum Gasteiger partial charge on any atom is 0.233 e. The lowest BCUT2D eigenvalue weighted by molar-refractivity contribution is -0.140. The van der Waals surface area contributed by atoms with Crippen molar-refractivity contribution in [1.82, 2.24) is 10.2 Å². The first-order valence-corrected chi connectivity index (χ1v) is 7.41. The average Bonchev–Trinajstić information content (AvgIpc) is 2.74. The van der Waals surface area contributed by atoms with E-state index in [0.29, 0.717) is 26.0 Å². The van der Waals surface area contributed by atoms with Gasteiger partial charge >= 0.3 is 0 Å². The molecule has 1 aliphatic carbocycles. The third-order valence-corrected chi connectivity index (χ3v) is 4.01. The van der Waals surface area contributed by atoms with E-state index >= 15 is 0 Å². The molecule has 21 heavy (non-hydrogen) atoms. The van der Waals surface area contributed by atoms with Crippen LogP contribution in [0.15, 0.2) is 12.2 Å². The third-order valence-electron chi connectivity index (χ3n) is 4.01. The van der Waals surface area contributed by atoms with Crippen molar-refractivity contribution in [2.24, 2.45) is 11.8 Å². The summed E-state index contributed by atoms with van der Waals surface area (Å²) in [5, 5.41) is 2.75. The van der Waals surface area contributed by atoms with Gasteiger partial charge in [-0.1, -0.05) is 12.2 Å². The van der Waals surface area contributed by atoms with Gasteiger partial charge in [-0.05, 0) is 19.3 Å². The van der Waals surface area contributed by atoms with Crippen molar-refractivity contribution in [3.63, 3.8) is 0 Å². The number of methoxy groups -OCH3 is 1. The predicted octanol–water partition coefficient (Wildman–Crippen LogP) is 0.480. The molecule has 0 radical (unpaired) electrons. The summed E-state index contributed by atoms with van der Waals surface area (Å²) >= 11 is 0. The summed E-state index contributed by atoms with van der Waals surface area (Å²) in [5.41, 5.74) is 0. The monoisotopic (exact) mass is 294 g/mol. The molecule has 0 aromatic rings. The zero-order valence-corrected chi connectivity index (χ0v) is 12.3. The first-order valence-electron chi connectivity index (χ1n) is 7.41. The van der Waals surface area contributed by atoms with E-state index < -0.39 is 0 Å². The first-order chi connectivity index (χ1) is 10.1. The number of ether oxygens (including phenoxy) is 1. The molecule has 1 heterocycles. The van der Waals surface area contributed by atoms with E-state index in [9.17, 15) is 14.4 Å². The minimum atomic E-state index is -0.215. The van der Waals surface area contributed by atoms with Crippen molar-refractivity contribution in [3.05, 3.63) is 12.2 Å². The number of likely N-dealkylation sites (tertiary alicyclic amines) is 1. The van der Waals surface area contributed by atoms with Gasteiger partial charge in [0.1, 0.15) is 0 Å². The van der Waals surface area contributed by atoms with Crippen LogP contribution in [-0.2, 0) is 19.1 Å². The van der Waals surface area contributed by atoms with E-state index in [2.05, 4.69) is 5.32 Å². The van der Waals surface area contributed by atoms with Gasteiger partial charge in [0.05, 0.1) is 11.8 Å². The molecule has 2 rings (SSSR count). The molecular weight excluding hydrogens is 272 g/mol. The molecule has 2 aliphatic rings. The molecule has 6 heteroatoms. The Balaban J connectivity index is 1.77. The Labute approximate surface area is 124 Å². The fraction of sp³-hybridized carbons (Fsp3) is 0.667. The van der Waals surface area contributed by atoms with Crippen LogP contribution < -0.4 is 5.32 Å². The molecule has 116 valence electrons. The number of nitrogens with zero attached hydrogens (tertiary/aromatic N) is 1. The van der Waals surface area contributed by atoms with Crippen LogP contribution in [0.1, 0.15) is 25.7 Å². The zero-order chi connectivity index (χ0) is 15.2. The van der Waals surface area contributed by atoms with Crippen molar-refractivity contribution >= 4 is 17.7 Å². The van der Waals surface area contributed by atoms with Crippen LogP contribution in [0.3, 0.4) is 0 Å². The second kappa shape index (κ2) is 7.36. The van der Waals surface area contributed by atoms with Gasteiger partial charge in [-0.2, -0.15) is 0 Å². The summed E-state index contributed by atoms with van der Waals surface area (Å²) in [4.78, 5) is 37.3. The van der Waals surface area contributed by atoms with Crippen LogP contribution in [0, 0.1) is 11.8 Å². The summed E-state index contributed by atoms with van der Waals surface area (Å²) in [5.74, 6) is -0.817. The van der Waals surface area contributed by atoms with Crippen molar-refractivity contribution < 1.29 is 19.1 Å². The van der Waals surface area contributed by atoms with Crippen molar-refractivity contribution in [3.8, 4) is 0 Å². The third kappa shape index (κ3) is 3.69. The second-order valence-electron chi connectivity index (χ2n) is 5.43. The standard InChI is InChI=1S/C15H22N2O4/c1-21-10-4-8-16-13(18)7-9-17-14(19)11-5-2-3-6-12(11)15(17)20/h2-3,11-12H,4-10H2,1H3,(H,16,18)/t11-,12-/m0/s1. The number of carbonyl (C=O) groups is 3. The van der Waals surface area contributed by atoms with Crippen LogP contribution in [0.2, 0.25) is 0 Å². The number of rotatable bonds is 7. The van der Waals surface area contributed by atoms with Crippen molar-refractivity contribution in [2.45, 2.75) is 25.7 Å². The van der Waals surface area contributed by atoms with E-state index in [1.54, 1.807) is 7.11 Å². The summed E-state index contributed by atoms with van der Waals surface area (Å²) < 4.78 is 4.89. The summed E-state index contributed by atoms with van der Waals surface area (Å²) in [7, 11) is 1.61. The minimum absolute atomic E-state index is 0.124. The Bertz CT molecular complexity index is 421. The maximum atomic E-state index is 12.2. The van der Waals surface area contributed by atoms with E-state index in [-0.39, 0.29) is 42.5 Å². The van der Waals surface area contributed by atoms with Crippen LogP contribution in [0.4, 0.5) is 0 Å². The Morgan fingerprint density at radius 2 is 1.90 bits per heavy atom. The van der Waals surface area contributed by atoms with E-state index in [1.807, 2.05) is 12.2 Å². The molecule has 0 aromatic heterocycles. The van der Waals surface area contributed by atoms with E-state index in [1.165, 1.54) is 4.90 Å². The number of hydrogen-bond acceptors (Lipinski definition) is 4. The summed E-state index contributed by atoms with van der Waals surface area (Å²) in [6.07, 6.45) is 6.09. The molecule has 1 N–H and O–H groups in total. The molecule has 2 atom stereocenters. The lowest BCUT2D eigenvalue weighted by atomic mass is 9.85. The van der Waals surface area contributed by atoms with E-state index in [0.717, 1.165) is 6.42 Å². The molecule has 1 saturated heterocycles. The predicted molar refractivity (Wildman–Crippen MR) is 76.2 cm³/mol. The summed E-state index contributed by atoms with van der Waals surface area (Å²) in [6, 6.07) is 0. The van der Waals surface area contributed by atoms with Crippen LogP contribution >= 0.6 is 0 Å². The second-order valence-corrected chi connectivity index (χ2v) is 5.43. The molecule has 0 bridgehead atoms. The molecule has 0 aromatic carbocycles. The molecule has 0 saturated carbocycles. The van der Waals surface area contributed by atoms with Crippen LogP contribution in [0.5, 0.6) is 0 Å². The summed E-state index contributed by atoms with van der Waals surface area (Å²) in [6.45, 7) is 1.32. The SMILES string of the molecule is COCCCNC(=O)CCN1C(=O)[C@H]2CC=CC[C@@H]2C1=O. The van der Waals surface area contributed by atoms with E-state index in [4.69, 9.17) is 4.74 Å². The molecule has 1 aliphatic heterocycles. The molecule has 1 fully saturated rings. The highest BCUT2D eigenvalue weighted by Gasteiger charge is 2.46. The Morgan fingerprint density at radius 3 is 2.48 bits per heavy atom. The number of allylic oxidation sites excluding steroid dienone is 2. The van der Waals surface area contributed by atoms with Gasteiger partial charge in [0.2, 0.25) is 17.7 Å². The van der Waals surface area contributed by atoms with Gasteiger partial charge in [0, 0.05) is 33.2 Å². The molecule has 0 spiro atoms. The lowest BCUT2D eigenvalue weighted by Gasteiger charge is -2.14. The van der Waals surface area contributed by atoms with Crippen LogP contribution in [0.25, 0.3) is 0 Å². The Hall–Kier alpha value is -1.69. The number of fused-ring (bicyclic) bond motifs is 1. The molecule has 6 nitrogen and oxygen atoms in total. The highest BCUT2D eigenvalue weighted by molar-refractivity contribution is 6.05. The number of hydrogen-bond donors (Lipinski definition) is 1. The minimum Gasteiger partial charge on any atom is -0.385 e. The van der Waals surface area contributed by atoms with Gasteiger partial charge in [-0.15, -0.1) is 0 Å². The normalized spacial score (nSPS) is 24.3. The number of carbonyl (C=O) groups excluding carboxylic acids is 3. The number of amides is 3. The highest BCUT2D eigenvalue weighted by Crippen LogP contribution is 2.34. The Kier molecular flexibility index (Phi) is 5.50. The molecule has 3 amide bonds. The Morgan fingerprint density at radius 1 is 1.29 bits per heavy atom. The van der Waals surface area contributed by atoms with Gasteiger partial charge < -0.3 is 10.1 Å². The van der Waals surface area contributed by atoms with Gasteiger partial charge in [0.25, 0.3) is 0 Å². The highest BCUT2D eigenvalue weighted by atomic mass is 16.5. The number of nitrogens with one attached hydrogen (secondary N) is 1. The maximum absolute atomic E-state index is 12.2. The topological polar surface area (TPSA) is 75.7 Å². The lowest BCUT2D eigenvalue weighted by Crippen LogP contribution is -2.35. The van der Waals surface area contributed by atoms with Gasteiger partial charge in [-0.25, -0.2) is 0 Å². The number of imide groups is 1. The largest absolute Gasteiger partial charge is 0.385 e. The zero-order valence-electron chi connectivity index (χ0n) is 12.3. The smallest absolute Gasteiger partial charge is 0.233 e. The average molecular weight is 294 g/mol. The van der Waals surface area contributed by atoms with Gasteiger partial charge in [0.15, 0.2) is 0 Å². The quantitative estimate of drug-likeness (QED) is 0.421.